The van der Waals surface area contributed by atoms with Gasteiger partial charge in [-0.05, 0) is 43.4 Å². The van der Waals surface area contributed by atoms with Crippen molar-refractivity contribution in [3.05, 3.63) is 29.8 Å². The molecule has 0 radical (unpaired) electrons. The molecule has 3 aliphatic heterocycles. The molecule has 4 rings (SSSR count). The molecule has 3 heterocycles. The molecule has 4 unspecified atom stereocenters. The molecule has 4 atom stereocenters. The Labute approximate surface area is 203 Å². The van der Waals surface area contributed by atoms with Gasteiger partial charge < -0.3 is 25.0 Å². The first-order chi connectivity index (χ1) is 16.7. The van der Waals surface area contributed by atoms with Gasteiger partial charge >= 0.3 is 6.36 Å². The SMILES string of the molecule is COCC1CCCN1C(=O)CCC1CNC(=O)C2CC(NCc3ccc(OC(F)(F)F)cc3)CN12. The standard InChI is InChI=1S/C24H33F3N4O4/c1-34-15-19-3-2-10-30(19)22(32)9-6-18-13-29-23(33)21-11-17(14-31(18)21)28-12-16-4-7-20(8-5-16)35-24(25,26)27/h4-5,7-8,17-19,21,28H,2-3,6,9-15H2,1H3,(H,29,33). The van der Waals surface area contributed by atoms with E-state index in [2.05, 4.69) is 20.3 Å². The Bertz CT molecular complexity index is 883. The van der Waals surface area contributed by atoms with Crippen LogP contribution < -0.4 is 15.4 Å². The fourth-order valence-corrected chi connectivity index (χ4v) is 5.43. The molecule has 0 bridgehead atoms. The Hall–Kier alpha value is -2.37. The average molecular weight is 499 g/mol. The number of methoxy groups -OCH3 is 1. The molecule has 1 aromatic rings. The molecule has 0 aromatic heterocycles. The molecular formula is C24H33F3N4O4. The molecule has 2 N–H and O–H groups in total. The van der Waals surface area contributed by atoms with Crippen LogP contribution in [0.25, 0.3) is 0 Å². The van der Waals surface area contributed by atoms with Crippen molar-refractivity contribution >= 4 is 11.8 Å². The summed E-state index contributed by atoms with van der Waals surface area (Å²) in [6, 6.07) is 5.84. The highest BCUT2D eigenvalue weighted by atomic mass is 19.4. The Kier molecular flexibility index (Phi) is 8.18. The van der Waals surface area contributed by atoms with Crippen molar-refractivity contribution in [1.82, 2.24) is 20.4 Å². The van der Waals surface area contributed by atoms with Gasteiger partial charge in [0.25, 0.3) is 0 Å². The number of likely N-dealkylation sites (tertiary alicyclic amines) is 1. The van der Waals surface area contributed by atoms with Crippen molar-refractivity contribution in [1.29, 1.82) is 0 Å². The zero-order valence-electron chi connectivity index (χ0n) is 19.9. The molecule has 35 heavy (non-hydrogen) atoms. The van der Waals surface area contributed by atoms with E-state index in [9.17, 15) is 22.8 Å². The number of fused-ring (bicyclic) bond motifs is 1. The lowest BCUT2D eigenvalue weighted by atomic mass is 10.0. The van der Waals surface area contributed by atoms with E-state index in [4.69, 9.17) is 4.74 Å². The van der Waals surface area contributed by atoms with Gasteiger partial charge in [0.15, 0.2) is 0 Å². The summed E-state index contributed by atoms with van der Waals surface area (Å²) in [7, 11) is 1.65. The highest BCUT2D eigenvalue weighted by molar-refractivity contribution is 5.83. The molecule has 3 fully saturated rings. The van der Waals surface area contributed by atoms with Crippen LogP contribution in [0.5, 0.6) is 5.75 Å². The molecule has 194 valence electrons. The number of carbonyl (C=O) groups excluding carboxylic acids is 2. The van der Waals surface area contributed by atoms with E-state index in [1.807, 2.05) is 4.90 Å². The van der Waals surface area contributed by atoms with Gasteiger partial charge in [-0.2, -0.15) is 0 Å². The molecule has 11 heteroatoms. The van der Waals surface area contributed by atoms with Crippen molar-refractivity contribution in [2.75, 3.05) is 33.4 Å². The molecule has 0 saturated carbocycles. The topological polar surface area (TPSA) is 83.1 Å². The van der Waals surface area contributed by atoms with Gasteiger partial charge in [0, 0.05) is 51.8 Å². The molecule has 0 aliphatic carbocycles. The number of ether oxygens (including phenoxy) is 2. The molecule has 2 amide bonds. The summed E-state index contributed by atoms with van der Waals surface area (Å²) < 4.78 is 46.2. The van der Waals surface area contributed by atoms with Crippen molar-refractivity contribution in [3.63, 3.8) is 0 Å². The first kappa shape index (κ1) is 25.7. The monoisotopic (exact) mass is 498 g/mol. The third-order valence-electron chi connectivity index (χ3n) is 7.12. The highest BCUT2D eigenvalue weighted by Crippen LogP contribution is 2.28. The lowest BCUT2D eigenvalue weighted by Crippen LogP contribution is -2.58. The minimum atomic E-state index is -4.71. The predicted molar refractivity (Wildman–Crippen MR) is 122 cm³/mol. The minimum absolute atomic E-state index is 0.00484. The second-order valence-electron chi connectivity index (χ2n) is 9.49. The van der Waals surface area contributed by atoms with Crippen LogP contribution in [0.1, 0.15) is 37.7 Å². The largest absolute Gasteiger partial charge is 0.573 e. The van der Waals surface area contributed by atoms with Gasteiger partial charge in [-0.1, -0.05) is 12.1 Å². The van der Waals surface area contributed by atoms with Crippen LogP contribution in [-0.2, 0) is 20.9 Å². The number of benzene rings is 1. The van der Waals surface area contributed by atoms with Crippen molar-refractivity contribution in [2.45, 2.75) is 69.2 Å². The molecule has 3 saturated heterocycles. The molecular weight excluding hydrogens is 465 g/mol. The number of alkyl halides is 3. The summed E-state index contributed by atoms with van der Waals surface area (Å²) in [5.41, 5.74) is 0.826. The number of halogens is 3. The van der Waals surface area contributed by atoms with E-state index in [0.717, 1.165) is 24.9 Å². The summed E-state index contributed by atoms with van der Waals surface area (Å²) >= 11 is 0. The predicted octanol–water partition coefficient (Wildman–Crippen LogP) is 2.03. The Morgan fingerprint density at radius 3 is 2.71 bits per heavy atom. The van der Waals surface area contributed by atoms with Crippen molar-refractivity contribution in [2.24, 2.45) is 0 Å². The van der Waals surface area contributed by atoms with Crippen LogP contribution in [0.2, 0.25) is 0 Å². The third-order valence-corrected chi connectivity index (χ3v) is 7.12. The van der Waals surface area contributed by atoms with Crippen LogP contribution in [0.15, 0.2) is 24.3 Å². The number of nitrogens with zero attached hydrogens (tertiary/aromatic N) is 2. The molecule has 3 aliphatic rings. The van der Waals surface area contributed by atoms with Crippen LogP contribution >= 0.6 is 0 Å². The summed E-state index contributed by atoms with van der Waals surface area (Å²) in [5.74, 6) is -0.106. The quantitative estimate of drug-likeness (QED) is 0.542. The number of amides is 2. The maximum Gasteiger partial charge on any atom is 0.573 e. The van der Waals surface area contributed by atoms with E-state index in [0.29, 0.717) is 45.5 Å². The lowest BCUT2D eigenvalue weighted by Gasteiger charge is -2.37. The van der Waals surface area contributed by atoms with E-state index >= 15 is 0 Å². The van der Waals surface area contributed by atoms with Gasteiger partial charge in [-0.3, -0.25) is 14.5 Å². The van der Waals surface area contributed by atoms with Crippen LogP contribution in [0, 0.1) is 0 Å². The summed E-state index contributed by atoms with van der Waals surface area (Å²) in [6.07, 6.45) is -0.977. The Balaban J connectivity index is 1.27. The summed E-state index contributed by atoms with van der Waals surface area (Å²) in [4.78, 5) is 29.4. The van der Waals surface area contributed by atoms with Gasteiger partial charge in [-0.15, -0.1) is 13.2 Å². The molecule has 8 nitrogen and oxygen atoms in total. The maximum absolute atomic E-state index is 12.8. The van der Waals surface area contributed by atoms with Gasteiger partial charge in [0.2, 0.25) is 11.8 Å². The first-order valence-corrected chi connectivity index (χ1v) is 12.1. The number of rotatable bonds is 9. The average Bonchev–Trinajstić information content (AvgIpc) is 3.45. The van der Waals surface area contributed by atoms with Gasteiger partial charge in [-0.25, -0.2) is 0 Å². The van der Waals surface area contributed by atoms with Gasteiger partial charge in [0.05, 0.1) is 18.7 Å². The smallest absolute Gasteiger partial charge is 0.406 e. The number of hydrogen-bond donors (Lipinski definition) is 2. The third kappa shape index (κ3) is 6.65. The number of nitrogens with one attached hydrogen (secondary N) is 2. The first-order valence-electron chi connectivity index (χ1n) is 12.1. The Morgan fingerprint density at radius 2 is 2.00 bits per heavy atom. The van der Waals surface area contributed by atoms with Crippen molar-refractivity contribution in [3.8, 4) is 5.75 Å². The lowest BCUT2D eigenvalue weighted by molar-refractivity contribution is -0.274. The minimum Gasteiger partial charge on any atom is -0.406 e. The van der Waals surface area contributed by atoms with Crippen LogP contribution in [0.3, 0.4) is 0 Å². The Morgan fingerprint density at radius 1 is 1.23 bits per heavy atom. The fraction of sp³-hybridized carbons (Fsp3) is 0.667. The van der Waals surface area contributed by atoms with E-state index in [1.165, 1.54) is 12.1 Å². The van der Waals surface area contributed by atoms with E-state index in [-0.39, 0.29) is 41.7 Å². The normalized spacial score (nSPS) is 27.1. The maximum atomic E-state index is 12.8. The fourth-order valence-electron chi connectivity index (χ4n) is 5.43. The summed E-state index contributed by atoms with van der Waals surface area (Å²) in [5, 5.41) is 6.40. The molecule has 0 spiro atoms. The zero-order valence-corrected chi connectivity index (χ0v) is 19.9. The number of carbonyl (C=O) groups is 2. The van der Waals surface area contributed by atoms with Crippen LogP contribution in [-0.4, -0.2) is 85.5 Å². The molecule has 1 aromatic carbocycles. The summed E-state index contributed by atoms with van der Waals surface area (Å²) in [6.45, 7) is 3.01. The second-order valence-corrected chi connectivity index (χ2v) is 9.49. The number of hydrogen-bond acceptors (Lipinski definition) is 6. The van der Waals surface area contributed by atoms with Crippen LogP contribution in [0.4, 0.5) is 13.2 Å². The number of piperazine rings is 1. The zero-order chi connectivity index (χ0) is 25.0. The highest BCUT2D eigenvalue weighted by Gasteiger charge is 2.43. The van der Waals surface area contributed by atoms with Gasteiger partial charge in [0.1, 0.15) is 5.75 Å². The van der Waals surface area contributed by atoms with E-state index < -0.39 is 6.36 Å². The second kappa shape index (κ2) is 11.1. The van der Waals surface area contributed by atoms with E-state index in [1.54, 1.807) is 19.2 Å². The van der Waals surface area contributed by atoms with Crippen molar-refractivity contribution < 1.29 is 32.2 Å².